The van der Waals surface area contributed by atoms with E-state index in [1.165, 1.54) is 12.8 Å². The molecule has 0 aromatic heterocycles. The lowest BCUT2D eigenvalue weighted by atomic mass is 9.98. The van der Waals surface area contributed by atoms with E-state index in [1.807, 2.05) is 6.07 Å². The first-order chi connectivity index (χ1) is 7.72. The quantitative estimate of drug-likeness (QED) is 0.747. The summed E-state index contributed by atoms with van der Waals surface area (Å²) in [4.78, 5) is 2.27. The Kier molecular flexibility index (Phi) is 3.47. The van der Waals surface area contributed by atoms with Crippen LogP contribution in [0.15, 0.2) is 18.2 Å². The van der Waals surface area contributed by atoms with Crippen molar-refractivity contribution in [1.29, 1.82) is 0 Å². The Morgan fingerprint density at radius 2 is 2.00 bits per heavy atom. The van der Waals surface area contributed by atoms with Crippen molar-refractivity contribution in [2.75, 3.05) is 18.0 Å². The molecule has 1 aliphatic heterocycles. The van der Waals surface area contributed by atoms with Crippen molar-refractivity contribution in [3.05, 3.63) is 29.6 Å². The lowest BCUT2D eigenvalue weighted by molar-refractivity contribution is 0.583. The summed E-state index contributed by atoms with van der Waals surface area (Å²) in [5, 5.41) is 0. The van der Waals surface area contributed by atoms with Gasteiger partial charge in [-0.3, -0.25) is 0 Å². The molecule has 0 radical (unpaired) electrons. The standard InChI is InChI=1S/C14H20FN/c1-3-11(2)13-7-6-12(10-14(13)15)16-8-4-5-9-16/h6-7,10-11H,3-5,8-9H2,1-2H3. The summed E-state index contributed by atoms with van der Waals surface area (Å²) < 4.78 is 13.9. The Labute approximate surface area is 97.3 Å². The van der Waals surface area contributed by atoms with E-state index >= 15 is 0 Å². The van der Waals surface area contributed by atoms with Crippen LogP contribution in [0.2, 0.25) is 0 Å². The average Bonchev–Trinajstić information content (AvgIpc) is 2.81. The first kappa shape index (κ1) is 11.4. The highest BCUT2D eigenvalue weighted by molar-refractivity contribution is 5.49. The van der Waals surface area contributed by atoms with Gasteiger partial charge in [0, 0.05) is 18.8 Å². The van der Waals surface area contributed by atoms with Gasteiger partial charge in [0.15, 0.2) is 0 Å². The molecule has 2 heteroatoms. The summed E-state index contributed by atoms with van der Waals surface area (Å²) in [7, 11) is 0. The summed E-state index contributed by atoms with van der Waals surface area (Å²) in [5.41, 5.74) is 1.90. The van der Waals surface area contributed by atoms with Crippen LogP contribution in [-0.2, 0) is 0 Å². The van der Waals surface area contributed by atoms with E-state index in [0.717, 1.165) is 30.8 Å². The molecule has 1 saturated heterocycles. The van der Waals surface area contributed by atoms with E-state index in [0.29, 0.717) is 5.92 Å². The van der Waals surface area contributed by atoms with Crippen LogP contribution in [-0.4, -0.2) is 13.1 Å². The molecule has 0 bridgehead atoms. The number of hydrogen-bond acceptors (Lipinski definition) is 1. The highest BCUT2D eigenvalue weighted by Gasteiger charge is 2.15. The fourth-order valence-electron chi connectivity index (χ4n) is 2.31. The Bertz CT molecular complexity index is 356. The van der Waals surface area contributed by atoms with Gasteiger partial charge in [0.2, 0.25) is 0 Å². The van der Waals surface area contributed by atoms with Crippen LogP contribution in [0, 0.1) is 5.82 Å². The largest absolute Gasteiger partial charge is 0.371 e. The summed E-state index contributed by atoms with van der Waals surface area (Å²) in [5.74, 6) is 0.270. The second kappa shape index (κ2) is 4.86. The Hall–Kier alpha value is -1.05. The highest BCUT2D eigenvalue weighted by Crippen LogP contribution is 2.27. The minimum Gasteiger partial charge on any atom is -0.371 e. The van der Waals surface area contributed by atoms with Crippen molar-refractivity contribution < 1.29 is 4.39 Å². The van der Waals surface area contributed by atoms with Gasteiger partial charge in [-0.1, -0.05) is 19.9 Å². The average molecular weight is 221 g/mol. The molecular formula is C14H20FN. The lowest BCUT2D eigenvalue weighted by Gasteiger charge is -2.19. The Morgan fingerprint density at radius 3 is 2.56 bits per heavy atom. The van der Waals surface area contributed by atoms with Gasteiger partial charge in [-0.25, -0.2) is 4.39 Å². The molecule has 0 N–H and O–H groups in total. The topological polar surface area (TPSA) is 3.24 Å². The molecule has 0 amide bonds. The van der Waals surface area contributed by atoms with Gasteiger partial charge in [0.1, 0.15) is 5.82 Å². The molecule has 16 heavy (non-hydrogen) atoms. The van der Waals surface area contributed by atoms with Crippen molar-refractivity contribution in [2.45, 2.75) is 39.0 Å². The molecule has 88 valence electrons. The predicted molar refractivity (Wildman–Crippen MR) is 66.6 cm³/mol. The summed E-state index contributed by atoms with van der Waals surface area (Å²) in [6, 6.07) is 5.72. The van der Waals surface area contributed by atoms with Crippen LogP contribution in [0.3, 0.4) is 0 Å². The molecule has 1 fully saturated rings. The summed E-state index contributed by atoms with van der Waals surface area (Å²) >= 11 is 0. The monoisotopic (exact) mass is 221 g/mol. The third kappa shape index (κ3) is 2.21. The van der Waals surface area contributed by atoms with E-state index in [1.54, 1.807) is 6.07 Å². The third-order valence-corrected chi connectivity index (χ3v) is 3.60. The van der Waals surface area contributed by atoms with Gasteiger partial charge in [0.25, 0.3) is 0 Å². The van der Waals surface area contributed by atoms with E-state index in [-0.39, 0.29) is 5.82 Å². The molecule has 1 aromatic rings. The van der Waals surface area contributed by atoms with Crippen LogP contribution in [0.5, 0.6) is 0 Å². The van der Waals surface area contributed by atoms with Crippen molar-refractivity contribution >= 4 is 5.69 Å². The molecular weight excluding hydrogens is 201 g/mol. The minimum atomic E-state index is -0.0428. The fraction of sp³-hybridized carbons (Fsp3) is 0.571. The highest BCUT2D eigenvalue weighted by atomic mass is 19.1. The zero-order valence-electron chi connectivity index (χ0n) is 10.2. The SMILES string of the molecule is CCC(C)c1ccc(N2CCCC2)cc1F. The molecule has 2 rings (SSSR count). The van der Waals surface area contributed by atoms with Crippen LogP contribution >= 0.6 is 0 Å². The molecule has 1 unspecified atom stereocenters. The van der Waals surface area contributed by atoms with Gasteiger partial charge < -0.3 is 4.90 Å². The summed E-state index contributed by atoms with van der Waals surface area (Å²) in [6.45, 7) is 6.32. The van der Waals surface area contributed by atoms with Crippen molar-refractivity contribution in [1.82, 2.24) is 0 Å². The minimum absolute atomic E-state index is 0.0428. The molecule has 1 heterocycles. The molecule has 0 saturated carbocycles. The van der Waals surface area contributed by atoms with E-state index in [4.69, 9.17) is 0 Å². The Balaban J connectivity index is 2.21. The maximum absolute atomic E-state index is 13.9. The molecule has 0 aliphatic carbocycles. The van der Waals surface area contributed by atoms with Crippen LogP contribution < -0.4 is 4.90 Å². The van der Waals surface area contributed by atoms with Crippen molar-refractivity contribution in [3.8, 4) is 0 Å². The molecule has 1 aromatic carbocycles. The molecule has 1 nitrogen and oxygen atoms in total. The van der Waals surface area contributed by atoms with Crippen LogP contribution in [0.4, 0.5) is 10.1 Å². The number of nitrogens with zero attached hydrogens (tertiary/aromatic N) is 1. The van der Waals surface area contributed by atoms with E-state index < -0.39 is 0 Å². The number of halogens is 1. The fourth-order valence-corrected chi connectivity index (χ4v) is 2.31. The van der Waals surface area contributed by atoms with Gasteiger partial charge in [-0.2, -0.15) is 0 Å². The van der Waals surface area contributed by atoms with Gasteiger partial charge >= 0.3 is 0 Å². The first-order valence-corrected chi connectivity index (χ1v) is 6.26. The maximum atomic E-state index is 13.9. The van der Waals surface area contributed by atoms with Gasteiger partial charge in [-0.15, -0.1) is 0 Å². The number of benzene rings is 1. The second-order valence-corrected chi connectivity index (χ2v) is 4.71. The van der Waals surface area contributed by atoms with Crippen LogP contribution in [0.25, 0.3) is 0 Å². The maximum Gasteiger partial charge on any atom is 0.128 e. The molecule has 1 aliphatic rings. The zero-order chi connectivity index (χ0) is 11.5. The first-order valence-electron chi connectivity index (χ1n) is 6.26. The van der Waals surface area contributed by atoms with Gasteiger partial charge in [-0.05, 0) is 42.9 Å². The summed E-state index contributed by atoms with van der Waals surface area (Å²) in [6.07, 6.45) is 3.45. The van der Waals surface area contributed by atoms with E-state index in [9.17, 15) is 4.39 Å². The molecule has 0 spiro atoms. The smallest absolute Gasteiger partial charge is 0.128 e. The Morgan fingerprint density at radius 1 is 1.31 bits per heavy atom. The molecule has 1 atom stereocenters. The normalized spacial score (nSPS) is 17.8. The third-order valence-electron chi connectivity index (χ3n) is 3.60. The number of anilines is 1. The lowest BCUT2D eigenvalue weighted by Crippen LogP contribution is -2.17. The van der Waals surface area contributed by atoms with Crippen molar-refractivity contribution in [2.24, 2.45) is 0 Å². The van der Waals surface area contributed by atoms with Crippen molar-refractivity contribution in [3.63, 3.8) is 0 Å². The number of hydrogen-bond donors (Lipinski definition) is 0. The second-order valence-electron chi connectivity index (χ2n) is 4.71. The van der Waals surface area contributed by atoms with E-state index in [2.05, 4.69) is 24.8 Å². The van der Waals surface area contributed by atoms with Gasteiger partial charge in [0.05, 0.1) is 0 Å². The number of rotatable bonds is 3. The zero-order valence-corrected chi connectivity index (χ0v) is 10.2. The predicted octanol–water partition coefficient (Wildman–Crippen LogP) is 3.94. The van der Waals surface area contributed by atoms with Crippen LogP contribution in [0.1, 0.15) is 44.6 Å².